The Kier molecular flexibility index (Phi) is 30.7. The van der Waals surface area contributed by atoms with Crippen molar-refractivity contribution in [3.8, 4) is 0 Å². The summed E-state index contributed by atoms with van der Waals surface area (Å²) in [5.41, 5.74) is 0. The normalized spacial score (nSPS) is 11.3. The maximum absolute atomic E-state index is 11.8. The Morgan fingerprint density at radius 2 is 0.857 bits per heavy atom. The highest BCUT2D eigenvalue weighted by Gasteiger charge is 2.03. The SMILES string of the molecule is CCCCCCCCCCCCCCCCCCOC(=O)CCCOCCOCCOCCOC. The van der Waals surface area contributed by atoms with E-state index in [-0.39, 0.29) is 5.97 Å². The Morgan fingerprint density at radius 1 is 0.457 bits per heavy atom. The highest BCUT2D eigenvalue weighted by molar-refractivity contribution is 5.69. The molecule has 0 rings (SSSR count). The monoisotopic (exact) mass is 502 g/mol. The van der Waals surface area contributed by atoms with Gasteiger partial charge in [0.2, 0.25) is 0 Å². The van der Waals surface area contributed by atoms with Crippen LogP contribution in [0.4, 0.5) is 0 Å². The van der Waals surface area contributed by atoms with Crippen LogP contribution in [0.5, 0.6) is 0 Å². The molecule has 0 bridgehead atoms. The minimum absolute atomic E-state index is 0.112. The van der Waals surface area contributed by atoms with Gasteiger partial charge in [-0.05, 0) is 12.8 Å². The number of ether oxygens (including phenoxy) is 5. The summed E-state index contributed by atoms with van der Waals surface area (Å²) in [7, 11) is 1.65. The van der Waals surface area contributed by atoms with E-state index >= 15 is 0 Å². The summed E-state index contributed by atoms with van der Waals surface area (Å²) in [6.07, 6.45) is 22.7. The van der Waals surface area contributed by atoms with Gasteiger partial charge < -0.3 is 23.7 Å². The Labute approximate surface area is 217 Å². The van der Waals surface area contributed by atoms with Gasteiger partial charge in [0.15, 0.2) is 0 Å². The van der Waals surface area contributed by atoms with E-state index in [4.69, 9.17) is 23.7 Å². The molecule has 0 N–H and O–H groups in total. The standard InChI is InChI=1S/C29H58O6/c1-3-4-5-6-7-8-9-10-11-12-13-14-15-16-17-18-22-35-29(30)20-19-21-32-25-26-34-28-27-33-24-23-31-2/h3-28H2,1-2H3. The van der Waals surface area contributed by atoms with Gasteiger partial charge in [-0.2, -0.15) is 0 Å². The van der Waals surface area contributed by atoms with E-state index in [0.29, 0.717) is 65.7 Å². The summed E-state index contributed by atoms with van der Waals surface area (Å²) in [4.78, 5) is 11.8. The van der Waals surface area contributed by atoms with Gasteiger partial charge in [0, 0.05) is 20.1 Å². The molecule has 0 unspecified atom stereocenters. The minimum atomic E-state index is -0.112. The van der Waals surface area contributed by atoms with E-state index in [1.54, 1.807) is 7.11 Å². The predicted octanol–water partition coefficient (Wildman–Crippen LogP) is 7.27. The van der Waals surface area contributed by atoms with Crippen molar-refractivity contribution in [1.82, 2.24) is 0 Å². The molecule has 0 fully saturated rings. The molecular formula is C29H58O6. The van der Waals surface area contributed by atoms with Crippen LogP contribution in [0.15, 0.2) is 0 Å². The molecule has 0 aromatic rings. The molecule has 0 aromatic heterocycles. The summed E-state index contributed by atoms with van der Waals surface area (Å²) < 4.78 is 26.4. The number of hydrogen-bond acceptors (Lipinski definition) is 6. The lowest BCUT2D eigenvalue weighted by Crippen LogP contribution is -2.12. The van der Waals surface area contributed by atoms with E-state index in [1.165, 1.54) is 89.9 Å². The van der Waals surface area contributed by atoms with Crippen LogP contribution in [0.2, 0.25) is 0 Å². The van der Waals surface area contributed by atoms with Crippen molar-refractivity contribution in [3.05, 3.63) is 0 Å². The zero-order valence-corrected chi connectivity index (χ0v) is 23.3. The molecule has 35 heavy (non-hydrogen) atoms. The van der Waals surface area contributed by atoms with Crippen LogP contribution in [0.1, 0.15) is 122 Å². The molecule has 0 aliphatic carbocycles. The van der Waals surface area contributed by atoms with Crippen LogP contribution in [0, 0.1) is 0 Å². The average Bonchev–Trinajstić information content (AvgIpc) is 2.86. The van der Waals surface area contributed by atoms with Crippen molar-refractivity contribution in [2.45, 2.75) is 122 Å². The number of methoxy groups -OCH3 is 1. The van der Waals surface area contributed by atoms with Crippen molar-refractivity contribution in [1.29, 1.82) is 0 Å². The number of carbonyl (C=O) groups excluding carboxylic acids is 1. The third-order valence-corrected chi connectivity index (χ3v) is 6.11. The third kappa shape index (κ3) is 31.3. The quantitative estimate of drug-likeness (QED) is 0.0760. The van der Waals surface area contributed by atoms with E-state index in [2.05, 4.69) is 6.92 Å². The molecule has 0 saturated heterocycles. The number of rotatable bonds is 30. The van der Waals surface area contributed by atoms with Crippen molar-refractivity contribution in [3.63, 3.8) is 0 Å². The van der Waals surface area contributed by atoms with Gasteiger partial charge in [0.25, 0.3) is 0 Å². The summed E-state index contributed by atoms with van der Waals surface area (Å²) in [6.45, 7) is 6.77. The highest BCUT2D eigenvalue weighted by atomic mass is 16.6. The Morgan fingerprint density at radius 3 is 1.31 bits per heavy atom. The van der Waals surface area contributed by atoms with Crippen LogP contribution >= 0.6 is 0 Å². The predicted molar refractivity (Wildman–Crippen MR) is 144 cm³/mol. The highest BCUT2D eigenvalue weighted by Crippen LogP contribution is 2.13. The van der Waals surface area contributed by atoms with E-state index in [0.717, 1.165) is 12.8 Å². The van der Waals surface area contributed by atoms with E-state index in [9.17, 15) is 4.79 Å². The van der Waals surface area contributed by atoms with Gasteiger partial charge in [-0.1, -0.05) is 103 Å². The second-order valence-corrected chi connectivity index (χ2v) is 9.46. The molecule has 6 heteroatoms. The van der Waals surface area contributed by atoms with Gasteiger partial charge in [-0.25, -0.2) is 0 Å². The van der Waals surface area contributed by atoms with E-state index < -0.39 is 0 Å². The first kappa shape index (κ1) is 34.3. The Bertz CT molecular complexity index is 405. The molecule has 210 valence electrons. The molecule has 0 aliphatic heterocycles. The lowest BCUT2D eigenvalue weighted by Gasteiger charge is -2.07. The van der Waals surface area contributed by atoms with Crippen LogP contribution < -0.4 is 0 Å². The lowest BCUT2D eigenvalue weighted by molar-refractivity contribution is -0.144. The summed E-state index contributed by atoms with van der Waals surface area (Å²) in [6, 6.07) is 0. The molecule has 0 saturated carbocycles. The van der Waals surface area contributed by atoms with Crippen molar-refractivity contribution in [2.75, 3.05) is 60.0 Å². The van der Waals surface area contributed by atoms with Crippen LogP contribution in [0.3, 0.4) is 0 Å². The second-order valence-electron chi connectivity index (χ2n) is 9.46. The maximum Gasteiger partial charge on any atom is 0.305 e. The smallest absolute Gasteiger partial charge is 0.305 e. The largest absolute Gasteiger partial charge is 0.466 e. The molecular weight excluding hydrogens is 444 g/mol. The first-order valence-electron chi connectivity index (χ1n) is 14.7. The zero-order valence-electron chi connectivity index (χ0n) is 23.3. The number of hydrogen-bond donors (Lipinski definition) is 0. The third-order valence-electron chi connectivity index (χ3n) is 6.11. The van der Waals surface area contributed by atoms with Crippen molar-refractivity contribution < 1.29 is 28.5 Å². The maximum atomic E-state index is 11.8. The van der Waals surface area contributed by atoms with Gasteiger partial charge in [0.05, 0.1) is 46.2 Å². The van der Waals surface area contributed by atoms with E-state index in [1.807, 2.05) is 0 Å². The van der Waals surface area contributed by atoms with Crippen LogP contribution in [0.25, 0.3) is 0 Å². The Hall–Kier alpha value is -0.690. The molecule has 0 heterocycles. The van der Waals surface area contributed by atoms with Gasteiger partial charge in [-0.3, -0.25) is 4.79 Å². The molecule has 0 atom stereocenters. The summed E-state index contributed by atoms with van der Waals surface area (Å²) in [5.74, 6) is -0.112. The van der Waals surface area contributed by atoms with Crippen LogP contribution in [-0.4, -0.2) is 65.9 Å². The molecule has 0 aliphatic rings. The first-order chi connectivity index (χ1) is 17.3. The van der Waals surface area contributed by atoms with Gasteiger partial charge >= 0.3 is 5.97 Å². The number of esters is 1. The number of carbonyl (C=O) groups is 1. The van der Waals surface area contributed by atoms with Crippen molar-refractivity contribution in [2.24, 2.45) is 0 Å². The molecule has 0 amide bonds. The molecule has 0 spiro atoms. The summed E-state index contributed by atoms with van der Waals surface area (Å²) >= 11 is 0. The average molecular weight is 503 g/mol. The zero-order chi connectivity index (χ0) is 25.5. The Balaban J connectivity index is 3.13. The summed E-state index contributed by atoms with van der Waals surface area (Å²) in [5, 5.41) is 0. The fourth-order valence-electron chi connectivity index (χ4n) is 3.91. The topological polar surface area (TPSA) is 63.2 Å². The van der Waals surface area contributed by atoms with Gasteiger partial charge in [-0.15, -0.1) is 0 Å². The lowest BCUT2D eigenvalue weighted by atomic mass is 10.0. The van der Waals surface area contributed by atoms with Gasteiger partial charge in [0.1, 0.15) is 0 Å². The molecule has 6 nitrogen and oxygen atoms in total. The van der Waals surface area contributed by atoms with Crippen molar-refractivity contribution >= 4 is 5.97 Å². The molecule has 0 aromatic carbocycles. The minimum Gasteiger partial charge on any atom is -0.466 e. The number of unbranched alkanes of at least 4 members (excludes halogenated alkanes) is 15. The second kappa shape index (κ2) is 31.3. The molecule has 0 radical (unpaired) electrons. The fourth-order valence-corrected chi connectivity index (χ4v) is 3.91. The first-order valence-corrected chi connectivity index (χ1v) is 14.7. The van der Waals surface area contributed by atoms with Crippen LogP contribution in [-0.2, 0) is 28.5 Å². The fraction of sp³-hybridized carbons (Fsp3) is 0.966.